The van der Waals surface area contributed by atoms with Crippen LogP contribution in [0, 0.1) is 5.41 Å². The van der Waals surface area contributed by atoms with E-state index in [0.717, 1.165) is 12.8 Å². The topological polar surface area (TPSA) is 86.7 Å². The monoisotopic (exact) mass is 302 g/mol. The number of aliphatic carboxylic acids is 1. The number of carboxylic acids is 1. The van der Waals surface area contributed by atoms with Crippen molar-refractivity contribution >= 4 is 22.8 Å². The van der Waals surface area contributed by atoms with Gasteiger partial charge in [-0.1, -0.05) is 0 Å². The molecule has 114 valence electrons. The highest BCUT2D eigenvalue weighted by Gasteiger charge is 2.38. The molecular formula is C13H22N2O4S. The van der Waals surface area contributed by atoms with Crippen molar-refractivity contribution in [1.29, 1.82) is 0 Å². The lowest BCUT2D eigenvalue weighted by Gasteiger charge is -2.37. The SMILES string of the molecule is CC1(C(=O)O)CCN(C(=O)NC2CCS(=O)CC2)CC1. The van der Waals surface area contributed by atoms with Crippen LogP contribution in [0.3, 0.4) is 0 Å². The summed E-state index contributed by atoms with van der Waals surface area (Å²) in [6.07, 6.45) is 2.51. The van der Waals surface area contributed by atoms with Crippen LogP contribution in [-0.4, -0.2) is 56.9 Å². The second kappa shape index (κ2) is 6.11. The molecule has 7 heteroatoms. The lowest BCUT2D eigenvalue weighted by atomic mass is 9.80. The van der Waals surface area contributed by atoms with Gasteiger partial charge in [-0.05, 0) is 32.6 Å². The molecule has 0 saturated carbocycles. The number of likely N-dealkylation sites (tertiary alicyclic amines) is 1. The normalized spacial score (nSPS) is 29.8. The van der Waals surface area contributed by atoms with E-state index in [1.165, 1.54) is 0 Å². The number of hydrogen-bond donors (Lipinski definition) is 2. The molecule has 2 N–H and O–H groups in total. The number of amides is 2. The summed E-state index contributed by atoms with van der Waals surface area (Å²) >= 11 is 0. The summed E-state index contributed by atoms with van der Waals surface area (Å²) in [5.41, 5.74) is -0.710. The van der Waals surface area contributed by atoms with Gasteiger partial charge in [0.05, 0.1) is 5.41 Å². The zero-order chi connectivity index (χ0) is 14.8. The van der Waals surface area contributed by atoms with Crippen LogP contribution in [-0.2, 0) is 15.6 Å². The molecule has 2 rings (SSSR count). The van der Waals surface area contributed by atoms with Gasteiger partial charge in [0.25, 0.3) is 0 Å². The number of rotatable bonds is 2. The number of carboxylic acid groups (broad SMARTS) is 1. The van der Waals surface area contributed by atoms with Gasteiger partial charge in [0.15, 0.2) is 0 Å². The Bertz CT molecular complexity index is 409. The Morgan fingerprint density at radius 3 is 2.30 bits per heavy atom. The van der Waals surface area contributed by atoms with Crippen LogP contribution in [0.25, 0.3) is 0 Å². The van der Waals surface area contributed by atoms with Crippen molar-refractivity contribution in [2.75, 3.05) is 24.6 Å². The number of hydrogen-bond acceptors (Lipinski definition) is 3. The van der Waals surface area contributed by atoms with E-state index >= 15 is 0 Å². The summed E-state index contributed by atoms with van der Waals surface area (Å²) in [6.45, 7) is 2.70. The molecule has 0 bridgehead atoms. The number of carbonyl (C=O) groups excluding carboxylic acids is 1. The predicted octanol–water partition coefficient (Wildman–Crippen LogP) is 0.794. The lowest BCUT2D eigenvalue weighted by molar-refractivity contribution is -0.150. The molecule has 2 fully saturated rings. The molecule has 0 spiro atoms. The summed E-state index contributed by atoms with van der Waals surface area (Å²) < 4.78 is 11.3. The highest BCUT2D eigenvalue weighted by atomic mass is 32.2. The van der Waals surface area contributed by atoms with Crippen molar-refractivity contribution in [3.63, 3.8) is 0 Å². The zero-order valence-electron chi connectivity index (χ0n) is 11.8. The quantitative estimate of drug-likeness (QED) is 0.789. The highest BCUT2D eigenvalue weighted by Crippen LogP contribution is 2.31. The number of carbonyl (C=O) groups is 2. The molecule has 0 aromatic heterocycles. The Hall–Kier alpha value is -1.11. The number of nitrogens with one attached hydrogen (secondary N) is 1. The van der Waals surface area contributed by atoms with Crippen molar-refractivity contribution in [3.05, 3.63) is 0 Å². The van der Waals surface area contributed by atoms with E-state index in [2.05, 4.69) is 5.32 Å². The van der Waals surface area contributed by atoms with E-state index in [1.807, 2.05) is 0 Å². The Morgan fingerprint density at radius 2 is 1.80 bits per heavy atom. The maximum Gasteiger partial charge on any atom is 0.317 e. The Balaban J connectivity index is 1.80. The van der Waals surface area contributed by atoms with E-state index in [0.29, 0.717) is 37.4 Å². The highest BCUT2D eigenvalue weighted by molar-refractivity contribution is 7.85. The molecule has 6 nitrogen and oxygen atoms in total. The fourth-order valence-electron chi connectivity index (χ4n) is 2.62. The van der Waals surface area contributed by atoms with Gasteiger partial charge in [-0.25, -0.2) is 4.79 Å². The lowest BCUT2D eigenvalue weighted by Crippen LogP contribution is -2.51. The van der Waals surface area contributed by atoms with Gasteiger partial charge in [0.2, 0.25) is 0 Å². The summed E-state index contributed by atoms with van der Waals surface area (Å²) in [7, 11) is -0.726. The molecule has 2 saturated heterocycles. The largest absolute Gasteiger partial charge is 0.481 e. The van der Waals surface area contributed by atoms with Gasteiger partial charge in [0.1, 0.15) is 0 Å². The molecule has 0 aromatic carbocycles. The molecule has 0 radical (unpaired) electrons. The molecule has 2 amide bonds. The maximum absolute atomic E-state index is 12.1. The van der Waals surface area contributed by atoms with Gasteiger partial charge in [-0.2, -0.15) is 0 Å². The van der Waals surface area contributed by atoms with E-state index in [1.54, 1.807) is 11.8 Å². The van der Waals surface area contributed by atoms with Gasteiger partial charge < -0.3 is 15.3 Å². The molecule has 0 atom stereocenters. The van der Waals surface area contributed by atoms with E-state index < -0.39 is 22.2 Å². The van der Waals surface area contributed by atoms with Gasteiger partial charge in [-0.3, -0.25) is 9.00 Å². The van der Waals surface area contributed by atoms with E-state index in [-0.39, 0.29) is 12.1 Å². The number of piperidine rings is 1. The molecule has 2 aliphatic heterocycles. The Kier molecular flexibility index (Phi) is 4.67. The van der Waals surface area contributed by atoms with E-state index in [9.17, 15) is 13.8 Å². The first-order chi connectivity index (χ1) is 9.40. The average Bonchev–Trinajstić information content (AvgIpc) is 2.42. The van der Waals surface area contributed by atoms with Crippen LogP contribution in [0.15, 0.2) is 0 Å². The standard InChI is InChI=1S/C13H22N2O4S/c1-13(11(16)17)4-6-15(7-5-13)12(18)14-10-2-8-20(19)9-3-10/h10H,2-9H2,1H3,(H,14,18)(H,16,17). The second-order valence-electron chi connectivity index (χ2n) is 5.92. The molecule has 0 aromatic rings. The third-order valence-corrected chi connectivity index (χ3v) is 5.77. The van der Waals surface area contributed by atoms with Crippen LogP contribution in [0.4, 0.5) is 4.79 Å². The molecular weight excluding hydrogens is 280 g/mol. The first kappa shape index (κ1) is 15.3. The minimum absolute atomic E-state index is 0.105. The van der Waals surface area contributed by atoms with Crippen LogP contribution in [0.5, 0.6) is 0 Å². The van der Waals surface area contributed by atoms with Crippen molar-refractivity contribution in [2.45, 2.75) is 38.6 Å². The van der Waals surface area contributed by atoms with Gasteiger partial charge in [0, 0.05) is 41.4 Å². The van der Waals surface area contributed by atoms with Crippen molar-refractivity contribution < 1.29 is 18.9 Å². The Morgan fingerprint density at radius 1 is 1.25 bits per heavy atom. The summed E-state index contributed by atoms with van der Waals surface area (Å²) in [5, 5.41) is 12.1. The molecule has 2 aliphatic rings. The molecule has 0 unspecified atom stereocenters. The van der Waals surface area contributed by atoms with Crippen LogP contribution >= 0.6 is 0 Å². The fourth-order valence-corrected chi connectivity index (χ4v) is 3.92. The molecule has 20 heavy (non-hydrogen) atoms. The Labute approximate surface area is 121 Å². The summed E-state index contributed by atoms with van der Waals surface area (Å²) in [5.74, 6) is 0.525. The van der Waals surface area contributed by atoms with Crippen LogP contribution in [0.1, 0.15) is 32.6 Å². The van der Waals surface area contributed by atoms with Crippen molar-refractivity contribution in [3.8, 4) is 0 Å². The first-order valence-corrected chi connectivity index (χ1v) is 8.53. The second-order valence-corrected chi connectivity index (χ2v) is 7.62. The van der Waals surface area contributed by atoms with Crippen LogP contribution < -0.4 is 5.32 Å². The van der Waals surface area contributed by atoms with E-state index in [4.69, 9.17) is 5.11 Å². The predicted molar refractivity (Wildman–Crippen MR) is 76.0 cm³/mol. The van der Waals surface area contributed by atoms with Crippen LogP contribution in [0.2, 0.25) is 0 Å². The molecule has 2 heterocycles. The minimum Gasteiger partial charge on any atom is -0.481 e. The average molecular weight is 302 g/mol. The van der Waals surface area contributed by atoms with Crippen molar-refractivity contribution in [1.82, 2.24) is 10.2 Å². The number of urea groups is 1. The third-order valence-electron chi connectivity index (χ3n) is 4.39. The van der Waals surface area contributed by atoms with Crippen molar-refractivity contribution in [2.24, 2.45) is 5.41 Å². The fraction of sp³-hybridized carbons (Fsp3) is 0.846. The third kappa shape index (κ3) is 3.50. The smallest absolute Gasteiger partial charge is 0.317 e. The van der Waals surface area contributed by atoms with Gasteiger partial charge >= 0.3 is 12.0 Å². The minimum atomic E-state index is -0.785. The maximum atomic E-state index is 12.1. The number of nitrogens with zero attached hydrogens (tertiary/aromatic N) is 1. The van der Waals surface area contributed by atoms with Gasteiger partial charge in [-0.15, -0.1) is 0 Å². The first-order valence-electron chi connectivity index (χ1n) is 7.04. The summed E-state index contributed by atoms with van der Waals surface area (Å²) in [6, 6.07) is -0.0110. The molecule has 0 aliphatic carbocycles. The zero-order valence-corrected chi connectivity index (χ0v) is 12.6. The summed E-state index contributed by atoms with van der Waals surface area (Å²) in [4.78, 5) is 25.0.